The lowest BCUT2D eigenvalue weighted by molar-refractivity contribution is 1.61. The van der Waals surface area contributed by atoms with E-state index < -0.39 is 0 Å². The molecule has 0 spiro atoms. The first-order valence-electron chi connectivity index (χ1n) is 5.44. The third kappa shape index (κ3) is 1.82. The summed E-state index contributed by atoms with van der Waals surface area (Å²) >= 11 is 4.12. The number of aromatic nitrogens is 2. The van der Waals surface area contributed by atoms with E-state index in [2.05, 4.69) is 42.4 Å². The van der Waals surface area contributed by atoms with E-state index >= 15 is 0 Å². The lowest BCUT2D eigenvalue weighted by Gasteiger charge is -2.03. The van der Waals surface area contributed by atoms with E-state index in [1.165, 1.54) is 34.4 Å². The summed E-state index contributed by atoms with van der Waals surface area (Å²) in [6.45, 7) is 0. The number of nitrogens with zero attached hydrogens (tertiary/aromatic N) is 2. The standard InChI is InChI=1S/C14H4N2S3/c1-2-12(10-4-6-18-8-10)14-13(15-19-16-14)11(1)9-3-5-17-7-9/h1-4H. The minimum absolute atomic E-state index is 0.921. The molecule has 0 saturated carbocycles. The molecule has 3 aromatic heterocycles. The average Bonchev–Trinajstić information content (AvgIpc) is 3.19. The highest BCUT2D eigenvalue weighted by molar-refractivity contribution is 7.07. The third-order valence-electron chi connectivity index (χ3n) is 2.84. The summed E-state index contributed by atoms with van der Waals surface area (Å²) in [6, 6.07) is 8.00. The Labute approximate surface area is 122 Å². The molecule has 0 fully saturated rings. The van der Waals surface area contributed by atoms with Crippen LogP contribution in [0.15, 0.2) is 24.3 Å². The van der Waals surface area contributed by atoms with Crippen molar-refractivity contribution in [3.63, 3.8) is 0 Å². The van der Waals surface area contributed by atoms with Crippen LogP contribution < -0.4 is 0 Å². The normalized spacial score (nSPS) is 11.2. The lowest BCUT2D eigenvalue weighted by atomic mass is 10.0. The molecule has 88 valence electrons. The van der Waals surface area contributed by atoms with Crippen molar-refractivity contribution in [3.8, 4) is 22.3 Å². The van der Waals surface area contributed by atoms with E-state index in [0.717, 1.165) is 33.3 Å². The second-order valence-electron chi connectivity index (χ2n) is 3.88. The smallest absolute Gasteiger partial charge is 0.113 e. The van der Waals surface area contributed by atoms with Gasteiger partial charge in [0, 0.05) is 33.0 Å². The molecule has 0 amide bonds. The minimum atomic E-state index is 0.921. The molecule has 5 heteroatoms. The number of benzene rings is 1. The molecular formula is C14H4N2S3. The fourth-order valence-electron chi connectivity index (χ4n) is 1.97. The van der Waals surface area contributed by atoms with Crippen LogP contribution in [0.25, 0.3) is 33.3 Å². The summed E-state index contributed by atoms with van der Waals surface area (Å²) in [5.74, 6) is 0. The predicted octanol–water partition coefficient (Wildman–Crippen LogP) is 4.35. The first kappa shape index (κ1) is 11.3. The summed E-state index contributed by atoms with van der Waals surface area (Å²) < 4.78 is 8.85. The van der Waals surface area contributed by atoms with Crippen molar-refractivity contribution in [2.24, 2.45) is 0 Å². The van der Waals surface area contributed by atoms with Gasteiger partial charge in [-0.25, -0.2) is 0 Å². The summed E-state index contributed by atoms with van der Waals surface area (Å²) in [6.07, 6.45) is 0. The molecular weight excluding hydrogens is 292 g/mol. The van der Waals surface area contributed by atoms with Gasteiger partial charge in [-0.05, 0) is 12.1 Å². The van der Waals surface area contributed by atoms with E-state index in [1.54, 1.807) is 0 Å². The Morgan fingerprint density at radius 1 is 0.789 bits per heavy atom. The predicted molar refractivity (Wildman–Crippen MR) is 79.4 cm³/mol. The first-order valence-corrected chi connectivity index (χ1v) is 7.81. The topological polar surface area (TPSA) is 25.8 Å². The molecule has 0 aliphatic heterocycles. The monoisotopic (exact) mass is 296 g/mol. The van der Waals surface area contributed by atoms with Crippen LogP contribution in [-0.4, -0.2) is 8.75 Å². The molecule has 4 radical (unpaired) electrons. The van der Waals surface area contributed by atoms with Gasteiger partial charge in [-0.1, -0.05) is 12.1 Å². The van der Waals surface area contributed by atoms with Crippen LogP contribution in [0.1, 0.15) is 0 Å². The molecule has 0 N–H and O–H groups in total. The van der Waals surface area contributed by atoms with E-state index in [-0.39, 0.29) is 0 Å². The molecule has 2 nitrogen and oxygen atoms in total. The molecule has 0 saturated heterocycles. The van der Waals surface area contributed by atoms with E-state index in [0.29, 0.717) is 0 Å². The largest absolute Gasteiger partial charge is 0.172 e. The van der Waals surface area contributed by atoms with Gasteiger partial charge in [0.25, 0.3) is 0 Å². The van der Waals surface area contributed by atoms with Crippen LogP contribution in [0, 0.1) is 21.5 Å². The average molecular weight is 296 g/mol. The highest BCUT2D eigenvalue weighted by Gasteiger charge is 2.13. The molecule has 0 aliphatic carbocycles. The Morgan fingerprint density at radius 2 is 1.32 bits per heavy atom. The maximum Gasteiger partial charge on any atom is 0.113 e. The lowest BCUT2D eigenvalue weighted by Crippen LogP contribution is -1.83. The van der Waals surface area contributed by atoms with Gasteiger partial charge in [-0.15, -0.1) is 22.7 Å². The van der Waals surface area contributed by atoms with Crippen LogP contribution >= 0.6 is 34.4 Å². The quantitative estimate of drug-likeness (QED) is 0.549. The van der Waals surface area contributed by atoms with Gasteiger partial charge >= 0.3 is 0 Å². The molecule has 0 bridgehead atoms. The van der Waals surface area contributed by atoms with E-state index in [1.807, 2.05) is 12.1 Å². The van der Waals surface area contributed by atoms with Crippen LogP contribution in [0.2, 0.25) is 0 Å². The molecule has 4 rings (SSSR count). The molecule has 19 heavy (non-hydrogen) atoms. The van der Waals surface area contributed by atoms with Gasteiger partial charge in [0.15, 0.2) is 0 Å². The molecule has 1 aromatic carbocycles. The summed E-state index contributed by atoms with van der Waals surface area (Å²) in [4.78, 5) is 0. The molecule has 0 aliphatic rings. The zero-order valence-corrected chi connectivity index (χ0v) is 11.9. The number of hydrogen-bond acceptors (Lipinski definition) is 5. The van der Waals surface area contributed by atoms with Crippen LogP contribution in [-0.2, 0) is 0 Å². The number of thiophene rings is 2. The Hall–Kier alpha value is -1.56. The number of fused-ring (bicyclic) bond motifs is 1. The van der Waals surface area contributed by atoms with Gasteiger partial charge in [-0.2, -0.15) is 8.75 Å². The maximum absolute atomic E-state index is 4.43. The second kappa shape index (κ2) is 4.52. The van der Waals surface area contributed by atoms with Crippen molar-refractivity contribution < 1.29 is 0 Å². The fraction of sp³-hybridized carbons (Fsp3) is 0. The molecule has 0 atom stereocenters. The first-order chi connectivity index (χ1) is 9.43. The fourth-order valence-corrected chi connectivity index (χ4v) is 3.57. The van der Waals surface area contributed by atoms with Gasteiger partial charge < -0.3 is 0 Å². The van der Waals surface area contributed by atoms with Crippen molar-refractivity contribution in [1.29, 1.82) is 0 Å². The number of hydrogen-bond donors (Lipinski definition) is 0. The zero-order valence-electron chi connectivity index (χ0n) is 9.43. The molecule has 4 aromatic rings. The third-order valence-corrected chi connectivity index (χ3v) is 4.49. The van der Waals surface area contributed by atoms with Crippen molar-refractivity contribution in [2.75, 3.05) is 0 Å². The van der Waals surface area contributed by atoms with Gasteiger partial charge in [0.1, 0.15) is 11.0 Å². The Kier molecular flexibility index (Phi) is 2.69. The van der Waals surface area contributed by atoms with Crippen molar-refractivity contribution in [3.05, 3.63) is 45.8 Å². The van der Waals surface area contributed by atoms with Crippen LogP contribution in [0.5, 0.6) is 0 Å². The Bertz CT molecular complexity index is 746. The minimum Gasteiger partial charge on any atom is -0.172 e. The van der Waals surface area contributed by atoms with Crippen LogP contribution in [0.3, 0.4) is 0 Å². The SMILES string of the molecule is [c]1cc(-c2ccc(-c3[c]s[c]c3)c3nsnc23)[c]s1. The molecule has 0 unspecified atom stereocenters. The van der Waals surface area contributed by atoms with Crippen molar-refractivity contribution in [1.82, 2.24) is 8.75 Å². The van der Waals surface area contributed by atoms with E-state index in [4.69, 9.17) is 0 Å². The van der Waals surface area contributed by atoms with Crippen LogP contribution in [0.4, 0.5) is 0 Å². The van der Waals surface area contributed by atoms with Gasteiger partial charge in [0.05, 0.1) is 22.5 Å². The van der Waals surface area contributed by atoms with E-state index in [9.17, 15) is 0 Å². The maximum atomic E-state index is 4.43. The second-order valence-corrected chi connectivity index (χ2v) is 5.70. The Morgan fingerprint density at radius 3 is 1.74 bits per heavy atom. The highest BCUT2D eigenvalue weighted by Crippen LogP contribution is 2.35. The van der Waals surface area contributed by atoms with Crippen molar-refractivity contribution >= 4 is 45.4 Å². The zero-order chi connectivity index (χ0) is 12.7. The summed E-state index contributed by atoms with van der Waals surface area (Å²) in [5, 5.41) is 12.5. The summed E-state index contributed by atoms with van der Waals surface area (Å²) in [5.41, 5.74) is 6.01. The highest BCUT2D eigenvalue weighted by atomic mass is 32.1. The Balaban J connectivity index is 2.01. The van der Waals surface area contributed by atoms with Gasteiger partial charge in [0.2, 0.25) is 0 Å². The number of rotatable bonds is 2. The molecule has 3 heterocycles. The summed E-state index contributed by atoms with van der Waals surface area (Å²) in [7, 11) is 0. The van der Waals surface area contributed by atoms with Crippen molar-refractivity contribution in [2.45, 2.75) is 0 Å². The van der Waals surface area contributed by atoms with Gasteiger partial charge in [-0.3, -0.25) is 0 Å².